The van der Waals surface area contributed by atoms with Crippen LogP contribution in [0.5, 0.6) is 11.5 Å². The van der Waals surface area contributed by atoms with Crippen molar-refractivity contribution in [3.8, 4) is 22.6 Å². The molecular weight excluding hydrogens is 216 g/mol. The Morgan fingerprint density at radius 1 is 1.06 bits per heavy atom. The predicted octanol–water partition coefficient (Wildman–Crippen LogP) is 2.98. The number of aromatic hydroxyl groups is 1. The Morgan fingerprint density at radius 3 is 2.41 bits per heavy atom. The SMILES string of the molecule is CC(=O)Oc1cc(-c2ccccc2)ccc1O. The number of hydrogen-bond donors (Lipinski definition) is 1. The summed E-state index contributed by atoms with van der Waals surface area (Å²) in [5, 5.41) is 9.55. The number of carbonyl (C=O) groups excluding carboxylic acids is 1. The van der Waals surface area contributed by atoms with Crippen LogP contribution in [0.4, 0.5) is 0 Å². The quantitative estimate of drug-likeness (QED) is 0.635. The molecule has 17 heavy (non-hydrogen) atoms. The molecule has 0 saturated heterocycles. The van der Waals surface area contributed by atoms with Crippen LogP contribution in [-0.4, -0.2) is 11.1 Å². The number of phenolic OH excluding ortho intramolecular Hbond substituents is 1. The molecule has 0 aromatic heterocycles. The molecule has 0 aliphatic carbocycles. The van der Waals surface area contributed by atoms with Crippen molar-refractivity contribution in [2.45, 2.75) is 6.92 Å². The van der Waals surface area contributed by atoms with E-state index in [-0.39, 0.29) is 11.5 Å². The van der Waals surface area contributed by atoms with E-state index >= 15 is 0 Å². The van der Waals surface area contributed by atoms with Crippen molar-refractivity contribution in [2.24, 2.45) is 0 Å². The van der Waals surface area contributed by atoms with Gasteiger partial charge in [0.1, 0.15) is 0 Å². The van der Waals surface area contributed by atoms with Crippen LogP contribution in [0.1, 0.15) is 6.92 Å². The van der Waals surface area contributed by atoms with Crippen molar-refractivity contribution in [2.75, 3.05) is 0 Å². The van der Waals surface area contributed by atoms with E-state index in [1.54, 1.807) is 12.1 Å². The number of carbonyl (C=O) groups is 1. The number of rotatable bonds is 2. The Labute approximate surface area is 99.3 Å². The highest BCUT2D eigenvalue weighted by atomic mass is 16.5. The maximum Gasteiger partial charge on any atom is 0.308 e. The molecule has 0 fully saturated rings. The summed E-state index contributed by atoms with van der Waals surface area (Å²) in [6.45, 7) is 1.30. The molecule has 2 rings (SSSR count). The monoisotopic (exact) mass is 228 g/mol. The largest absolute Gasteiger partial charge is 0.504 e. The second kappa shape index (κ2) is 4.70. The molecule has 0 aliphatic rings. The number of phenols is 1. The third-order valence-electron chi connectivity index (χ3n) is 2.32. The Balaban J connectivity index is 2.41. The van der Waals surface area contributed by atoms with Crippen molar-refractivity contribution in [3.05, 3.63) is 48.5 Å². The van der Waals surface area contributed by atoms with Gasteiger partial charge in [-0.1, -0.05) is 36.4 Å². The summed E-state index contributed by atoms with van der Waals surface area (Å²) in [5.41, 5.74) is 1.89. The van der Waals surface area contributed by atoms with E-state index in [0.717, 1.165) is 11.1 Å². The van der Waals surface area contributed by atoms with Gasteiger partial charge in [0, 0.05) is 6.92 Å². The van der Waals surface area contributed by atoms with Gasteiger partial charge in [0.05, 0.1) is 0 Å². The molecule has 0 aliphatic heterocycles. The number of ether oxygens (including phenoxy) is 1. The van der Waals surface area contributed by atoms with Gasteiger partial charge in [0.2, 0.25) is 0 Å². The van der Waals surface area contributed by atoms with Crippen LogP contribution < -0.4 is 4.74 Å². The second-order valence-corrected chi connectivity index (χ2v) is 3.64. The molecule has 0 bridgehead atoms. The maximum atomic E-state index is 10.9. The van der Waals surface area contributed by atoms with E-state index in [1.807, 2.05) is 30.3 Å². The number of benzene rings is 2. The first-order valence-electron chi connectivity index (χ1n) is 5.23. The molecule has 0 heterocycles. The summed E-state index contributed by atoms with van der Waals surface area (Å²) in [5.74, 6) is -0.316. The van der Waals surface area contributed by atoms with E-state index in [0.29, 0.717) is 0 Å². The van der Waals surface area contributed by atoms with Gasteiger partial charge in [-0.2, -0.15) is 0 Å². The molecule has 86 valence electrons. The van der Waals surface area contributed by atoms with Crippen LogP contribution in [0.15, 0.2) is 48.5 Å². The van der Waals surface area contributed by atoms with E-state index in [4.69, 9.17) is 4.74 Å². The average molecular weight is 228 g/mol. The molecule has 0 saturated carbocycles. The molecule has 0 atom stereocenters. The van der Waals surface area contributed by atoms with Crippen molar-refractivity contribution in [3.63, 3.8) is 0 Å². The molecule has 3 nitrogen and oxygen atoms in total. The summed E-state index contributed by atoms with van der Waals surface area (Å²) < 4.78 is 4.92. The molecule has 0 unspecified atom stereocenters. The lowest BCUT2D eigenvalue weighted by atomic mass is 10.1. The first-order chi connectivity index (χ1) is 8.16. The van der Waals surface area contributed by atoms with Gasteiger partial charge in [-0.05, 0) is 23.3 Å². The van der Waals surface area contributed by atoms with Gasteiger partial charge in [0.15, 0.2) is 11.5 Å². The summed E-state index contributed by atoms with van der Waals surface area (Å²) >= 11 is 0. The lowest BCUT2D eigenvalue weighted by molar-refractivity contribution is -0.132. The van der Waals surface area contributed by atoms with Crippen LogP contribution in [-0.2, 0) is 4.79 Å². The van der Waals surface area contributed by atoms with E-state index in [2.05, 4.69) is 0 Å². The van der Waals surface area contributed by atoms with E-state index < -0.39 is 5.97 Å². The zero-order valence-electron chi connectivity index (χ0n) is 9.38. The second-order valence-electron chi connectivity index (χ2n) is 3.64. The number of esters is 1. The fraction of sp³-hybridized carbons (Fsp3) is 0.0714. The Hall–Kier alpha value is -2.29. The standard InChI is InChI=1S/C14H12O3/c1-10(15)17-14-9-12(7-8-13(14)16)11-5-3-2-4-6-11/h2-9,16H,1H3. The van der Waals surface area contributed by atoms with E-state index in [9.17, 15) is 9.90 Å². The number of hydrogen-bond acceptors (Lipinski definition) is 3. The minimum Gasteiger partial charge on any atom is -0.504 e. The van der Waals surface area contributed by atoms with Crippen LogP contribution in [0.3, 0.4) is 0 Å². The highest BCUT2D eigenvalue weighted by molar-refractivity contribution is 5.73. The van der Waals surface area contributed by atoms with Crippen molar-refractivity contribution >= 4 is 5.97 Å². The Bertz CT molecular complexity index is 532. The summed E-state index contributed by atoms with van der Waals surface area (Å²) in [7, 11) is 0. The molecular formula is C14H12O3. The fourth-order valence-electron chi connectivity index (χ4n) is 1.56. The highest BCUT2D eigenvalue weighted by Gasteiger charge is 2.07. The molecule has 0 spiro atoms. The first kappa shape index (κ1) is 11.2. The molecule has 0 radical (unpaired) electrons. The summed E-state index contributed by atoms with van der Waals surface area (Å²) in [4.78, 5) is 10.9. The molecule has 1 N–H and O–H groups in total. The first-order valence-corrected chi connectivity index (χ1v) is 5.23. The Morgan fingerprint density at radius 2 is 1.76 bits per heavy atom. The van der Waals surface area contributed by atoms with Gasteiger partial charge in [0.25, 0.3) is 0 Å². The third kappa shape index (κ3) is 2.64. The van der Waals surface area contributed by atoms with Gasteiger partial charge < -0.3 is 9.84 Å². The predicted molar refractivity (Wildman–Crippen MR) is 64.9 cm³/mol. The lowest BCUT2D eigenvalue weighted by Gasteiger charge is -2.07. The summed E-state index contributed by atoms with van der Waals surface area (Å²) in [6.07, 6.45) is 0. The minimum atomic E-state index is -0.453. The highest BCUT2D eigenvalue weighted by Crippen LogP contribution is 2.31. The topological polar surface area (TPSA) is 46.5 Å². The van der Waals surface area contributed by atoms with E-state index in [1.165, 1.54) is 13.0 Å². The zero-order valence-corrected chi connectivity index (χ0v) is 9.38. The molecule has 0 amide bonds. The van der Waals surface area contributed by atoms with Gasteiger partial charge >= 0.3 is 5.97 Å². The normalized spacial score (nSPS) is 9.94. The van der Waals surface area contributed by atoms with Crippen molar-refractivity contribution in [1.82, 2.24) is 0 Å². The van der Waals surface area contributed by atoms with Gasteiger partial charge in [-0.25, -0.2) is 0 Å². The molecule has 3 heteroatoms. The minimum absolute atomic E-state index is 0.0418. The molecule has 2 aromatic carbocycles. The summed E-state index contributed by atoms with van der Waals surface area (Å²) in [6, 6.07) is 14.6. The third-order valence-corrected chi connectivity index (χ3v) is 2.32. The fourth-order valence-corrected chi connectivity index (χ4v) is 1.56. The molecule has 2 aromatic rings. The lowest BCUT2D eigenvalue weighted by Crippen LogP contribution is -2.01. The van der Waals surface area contributed by atoms with Crippen LogP contribution in [0.2, 0.25) is 0 Å². The van der Waals surface area contributed by atoms with Crippen molar-refractivity contribution < 1.29 is 14.6 Å². The van der Waals surface area contributed by atoms with Crippen LogP contribution >= 0.6 is 0 Å². The van der Waals surface area contributed by atoms with Gasteiger partial charge in [-0.15, -0.1) is 0 Å². The Kier molecular flexibility index (Phi) is 3.10. The van der Waals surface area contributed by atoms with Crippen LogP contribution in [0, 0.1) is 0 Å². The smallest absolute Gasteiger partial charge is 0.308 e. The zero-order chi connectivity index (χ0) is 12.3. The average Bonchev–Trinajstić information content (AvgIpc) is 2.32. The van der Waals surface area contributed by atoms with Crippen molar-refractivity contribution in [1.29, 1.82) is 0 Å². The van der Waals surface area contributed by atoms with Gasteiger partial charge in [-0.3, -0.25) is 4.79 Å². The van der Waals surface area contributed by atoms with Crippen LogP contribution in [0.25, 0.3) is 11.1 Å². The maximum absolute atomic E-state index is 10.9.